The van der Waals surface area contributed by atoms with Gasteiger partial charge in [-0.15, -0.1) is 0 Å². The molecule has 0 saturated carbocycles. The van der Waals surface area contributed by atoms with E-state index in [2.05, 4.69) is 61.0 Å². The molecule has 0 heterocycles. The lowest BCUT2D eigenvalue weighted by Gasteiger charge is -2.22. The van der Waals surface area contributed by atoms with Gasteiger partial charge in [0.25, 0.3) is 0 Å². The van der Waals surface area contributed by atoms with E-state index in [0.29, 0.717) is 0 Å². The van der Waals surface area contributed by atoms with Gasteiger partial charge in [-0.3, -0.25) is 0 Å². The first-order valence-corrected chi connectivity index (χ1v) is 6.54. The smallest absolute Gasteiger partial charge is 0.0366 e. The van der Waals surface area contributed by atoms with Gasteiger partial charge >= 0.3 is 0 Å². The van der Waals surface area contributed by atoms with E-state index in [1.165, 1.54) is 5.69 Å². The van der Waals surface area contributed by atoms with Gasteiger partial charge in [0, 0.05) is 29.4 Å². The van der Waals surface area contributed by atoms with Crippen LogP contribution in [0.2, 0.25) is 0 Å². The molecule has 0 aliphatic carbocycles. The van der Waals surface area contributed by atoms with Gasteiger partial charge in [-0.1, -0.05) is 50.1 Å². The monoisotopic (exact) mass is 305 g/mol. The second kappa shape index (κ2) is 6.44. The second-order valence-electron chi connectivity index (χ2n) is 2.70. The van der Waals surface area contributed by atoms with Crippen LogP contribution in [0, 0.1) is 0 Å². The quantitative estimate of drug-likeness (QED) is 0.755. The van der Waals surface area contributed by atoms with Gasteiger partial charge in [0.1, 0.15) is 0 Å². The van der Waals surface area contributed by atoms with Crippen LogP contribution in [-0.4, -0.2) is 23.7 Å². The minimum atomic E-state index is 1.01. The molecular formula is C10H13Br2N. The zero-order valence-electron chi connectivity index (χ0n) is 7.42. The number of rotatable bonds is 5. The van der Waals surface area contributed by atoms with Gasteiger partial charge in [0.2, 0.25) is 0 Å². The molecule has 72 valence electrons. The third kappa shape index (κ3) is 3.69. The highest BCUT2D eigenvalue weighted by atomic mass is 79.9. The van der Waals surface area contributed by atoms with Crippen LogP contribution in [-0.2, 0) is 0 Å². The molecule has 0 bridgehead atoms. The third-order valence-corrected chi connectivity index (χ3v) is 2.54. The van der Waals surface area contributed by atoms with Crippen molar-refractivity contribution < 1.29 is 0 Å². The predicted octanol–water partition coefficient (Wildman–Crippen LogP) is 3.28. The summed E-state index contributed by atoms with van der Waals surface area (Å²) in [6.45, 7) is 2.10. The number of alkyl halides is 2. The Morgan fingerprint density at radius 2 is 1.46 bits per heavy atom. The molecule has 0 unspecified atom stereocenters. The Labute approximate surface area is 96.4 Å². The number of para-hydroxylation sites is 1. The highest BCUT2D eigenvalue weighted by Gasteiger charge is 2.02. The Balaban J connectivity index is 2.64. The molecule has 0 aliphatic heterocycles. The molecular weight excluding hydrogens is 294 g/mol. The summed E-state index contributed by atoms with van der Waals surface area (Å²) in [4.78, 5) is 2.35. The van der Waals surface area contributed by atoms with Crippen LogP contribution in [0.4, 0.5) is 5.69 Å². The van der Waals surface area contributed by atoms with Crippen molar-refractivity contribution >= 4 is 37.5 Å². The number of nitrogens with zero attached hydrogens (tertiary/aromatic N) is 1. The molecule has 0 atom stereocenters. The zero-order valence-corrected chi connectivity index (χ0v) is 10.6. The van der Waals surface area contributed by atoms with E-state index in [-0.39, 0.29) is 0 Å². The van der Waals surface area contributed by atoms with Gasteiger partial charge < -0.3 is 4.90 Å². The lowest BCUT2D eigenvalue weighted by Crippen LogP contribution is -2.27. The number of hydrogen-bond acceptors (Lipinski definition) is 1. The zero-order chi connectivity index (χ0) is 9.52. The normalized spacial score (nSPS) is 10.0. The van der Waals surface area contributed by atoms with Gasteiger partial charge in [-0.2, -0.15) is 0 Å². The fourth-order valence-electron chi connectivity index (χ4n) is 1.21. The van der Waals surface area contributed by atoms with Gasteiger partial charge in [0.05, 0.1) is 0 Å². The first-order valence-electron chi connectivity index (χ1n) is 4.30. The van der Waals surface area contributed by atoms with Crippen LogP contribution in [0.15, 0.2) is 30.3 Å². The van der Waals surface area contributed by atoms with Crippen molar-refractivity contribution in [2.45, 2.75) is 0 Å². The predicted molar refractivity (Wildman–Crippen MR) is 66.2 cm³/mol. The summed E-state index contributed by atoms with van der Waals surface area (Å²) in [6, 6.07) is 10.5. The summed E-state index contributed by atoms with van der Waals surface area (Å²) < 4.78 is 0. The van der Waals surface area contributed by atoms with E-state index < -0.39 is 0 Å². The molecule has 0 N–H and O–H groups in total. The summed E-state index contributed by atoms with van der Waals surface area (Å²) in [7, 11) is 0. The highest BCUT2D eigenvalue weighted by molar-refractivity contribution is 9.09. The van der Waals surface area contributed by atoms with Crippen LogP contribution < -0.4 is 4.90 Å². The molecule has 0 aliphatic rings. The molecule has 0 radical (unpaired) electrons. The van der Waals surface area contributed by atoms with Crippen LogP contribution >= 0.6 is 31.9 Å². The lowest BCUT2D eigenvalue weighted by atomic mass is 10.3. The fraction of sp³-hybridized carbons (Fsp3) is 0.400. The Morgan fingerprint density at radius 3 is 1.92 bits per heavy atom. The topological polar surface area (TPSA) is 3.24 Å². The maximum Gasteiger partial charge on any atom is 0.0366 e. The molecule has 0 spiro atoms. The van der Waals surface area contributed by atoms with E-state index in [4.69, 9.17) is 0 Å². The SMILES string of the molecule is BrCCN(CCBr)c1ccccc1. The van der Waals surface area contributed by atoms with Crippen LogP contribution in [0.1, 0.15) is 0 Å². The highest BCUT2D eigenvalue weighted by Crippen LogP contribution is 2.13. The lowest BCUT2D eigenvalue weighted by molar-refractivity contribution is 0.885. The van der Waals surface area contributed by atoms with E-state index in [1.807, 2.05) is 6.07 Å². The first kappa shape index (κ1) is 11.1. The van der Waals surface area contributed by atoms with E-state index in [9.17, 15) is 0 Å². The Kier molecular flexibility index (Phi) is 5.47. The van der Waals surface area contributed by atoms with Gasteiger partial charge in [-0.05, 0) is 12.1 Å². The molecule has 0 saturated heterocycles. The maximum absolute atomic E-state index is 3.46. The molecule has 1 nitrogen and oxygen atoms in total. The standard InChI is InChI=1S/C10H13Br2N/c11-6-8-13(9-7-12)10-4-2-1-3-5-10/h1-5H,6-9H2. The largest absolute Gasteiger partial charge is 0.370 e. The summed E-state index contributed by atoms with van der Waals surface area (Å²) >= 11 is 6.92. The minimum Gasteiger partial charge on any atom is -0.370 e. The number of halogens is 2. The summed E-state index contributed by atoms with van der Waals surface area (Å²) in [5.74, 6) is 0. The van der Waals surface area contributed by atoms with Gasteiger partial charge in [0.15, 0.2) is 0 Å². The third-order valence-electron chi connectivity index (χ3n) is 1.83. The maximum atomic E-state index is 3.46. The molecule has 1 aromatic carbocycles. The van der Waals surface area contributed by atoms with Gasteiger partial charge in [-0.25, -0.2) is 0 Å². The van der Waals surface area contributed by atoms with Crippen molar-refractivity contribution in [2.75, 3.05) is 28.6 Å². The molecule has 13 heavy (non-hydrogen) atoms. The van der Waals surface area contributed by atoms with Crippen LogP contribution in [0.5, 0.6) is 0 Å². The van der Waals surface area contributed by atoms with E-state index in [0.717, 1.165) is 23.7 Å². The van der Waals surface area contributed by atoms with Crippen LogP contribution in [0.3, 0.4) is 0 Å². The second-order valence-corrected chi connectivity index (χ2v) is 4.29. The fourth-order valence-corrected chi connectivity index (χ4v) is 2.07. The molecule has 1 aromatic rings. The van der Waals surface area contributed by atoms with E-state index >= 15 is 0 Å². The summed E-state index contributed by atoms with van der Waals surface area (Å²) in [6.07, 6.45) is 0. The average molecular weight is 307 g/mol. The van der Waals surface area contributed by atoms with Crippen molar-refractivity contribution in [3.05, 3.63) is 30.3 Å². The number of anilines is 1. The van der Waals surface area contributed by atoms with Crippen molar-refractivity contribution in [1.29, 1.82) is 0 Å². The van der Waals surface area contributed by atoms with E-state index in [1.54, 1.807) is 0 Å². The molecule has 3 heteroatoms. The Bertz CT molecular complexity index is 220. The molecule has 1 rings (SSSR count). The van der Waals surface area contributed by atoms with Crippen molar-refractivity contribution in [1.82, 2.24) is 0 Å². The number of benzene rings is 1. The number of hydrogen-bond donors (Lipinski definition) is 0. The molecule has 0 amide bonds. The molecule has 0 aromatic heterocycles. The Hall–Kier alpha value is -0.0200. The van der Waals surface area contributed by atoms with Crippen molar-refractivity contribution in [3.8, 4) is 0 Å². The van der Waals surface area contributed by atoms with Crippen molar-refractivity contribution in [2.24, 2.45) is 0 Å². The molecule has 0 fully saturated rings. The van der Waals surface area contributed by atoms with Crippen molar-refractivity contribution in [3.63, 3.8) is 0 Å². The Morgan fingerprint density at radius 1 is 0.923 bits per heavy atom. The van der Waals surface area contributed by atoms with Crippen LogP contribution in [0.25, 0.3) is 0 Å². The summed E-state index contributed by atoms with van der Waals surface area (Å²) in [5.41, 5.74) is 1.29. The first-order chi connectivity index (χ1) is 6.38. The summed E-state index contributed by atoms with van der Waals surface area (Å²) in [5, 5.41) is 2.02. The minimum absolute atomic E-state index is 1.01. The average Bonchev–Trinajstić information content (AvgIpc) is 2.19.